The van der Waals surface area contributed by atoms with Crippen molar-refractivity contribution in [3.05, 3.63) is 76.0 Å². The van der Waals surface area contributed by atoms with E-state index in [2.05, 4.69) is 21.5 Å². The number of aryl methyl sites for hydroxylation is 2. The minimum Gasteiger partial charge on any atom is -0.493 e. The second-order valence-electron chi connectivity index (χ2n) is 8.14. The Hall–Kier alpha value is -3.79. The topological polar surface area (TPSA) is 99.7 Å². The van der Waals surface area contributed by atoms with Crippen LogP contribution < -0.4 is 20.5 Å². The molecule has 0 fully saturated rings. The SMILES string of the molecule is COc1ccc([C@@H](C)NC(=O)Cn2nc3c(Sc4ccc(C)cc4C)nccn3c2=O)cc1OC. The van der Waals surface area contributed by atoms with Crippen LogP contribution in [0, 0.1) is 13.8 Å². The Morgan fingerprint density at radius 2 is 1.89 bits per heavy atom. The highest BCUT2D eigenvalue weighted by Crippen LogP contribution is 2.31. The van der Waals surface area contributed by atoms with Crippen LogP contribution in [0.3, 0.4) is 0 Å². The number of fused-ring (bicyclic) bond motifs is 1. The van der Waals surface area contributed by atoms with Gasteiger partial charge >= 0.3 is 5.69 Å². The van der Waals surface area contributed by atoms with Crippen molar-refractivity contribution in [2.75, 3.05) is 14.2 Å². The molecule has 1 amide bonds. The number of carbonyl (C=O) groups is 1. The summed E-state index contributed by atoms with van der Waals surface area (Å²) >= 11 is 1.44. The third kappa shape index (κ3) is 5.17. The number of hydrogen-bond donors (Lipinski definition) is 1. The summed E-state index contributed by atoms with van der Waals surface area (Å²) in [6.45, 7) is 5.71. The standard InChI is InChI=1S/C25H27N5O4S/c1-15-6-9-21(16(2)12-15)35-24-23-28-30(25(32)29(23)11-10-26-24)14-22(31)27-17(3)18-7-8-19(33-4)20(13-18)34-5/h6-13,17H,14H2,1-5H3,(H,27,31)/t17-/m1/s1. The number of hydrogen-bond acceptors (Lipinski definition) is 7. The Bertz CT molecular complexity index is 1450. The van der Waals surface area contributed by atoms with Gasteiger partial charge in [-0.3, -0.25) is 4.79 Å². The van der Waals surface area contributed by atoms with E-state index in [-0.39, 0.29) is 18.5 Å². The lowest BCUT2D eigenvalue weighted by molar-refractivity contribution is -0.122. The zero-order chi connectivity index (χ0) is 25.1. The number of aromatic nitrogens is 4. The molecule has 35 heavy (non-hydrogen) atoms. The van der Waals surface area contributed by atoms with Crippen LogP contribution in [-0.2, 0) is 11.3 Å². The Morgan fingerprint density at radius 1 is 1.11 bits per heavy atom. The summed E-state index contributed by atoms with van der Waals surface area (Å²) in [6.07, 6.45) is 3.11. The number of methoxy groups -OCH3 is 2. The molecule has 9 nitrogen and oxygen atoms in total. The molecule has 0 saturated heterocycles. The zero-order valence-corrected chi connectivity index (χ0v) is 21.0. The van der Waals surface area contributed by atoms with Crippen molar-refractivity contribution in [3.8, 4) is 11.5 Å². The van der Waals surface area contributed by atoms with E-state index in [0.717, 1.165) is 20.7 Å². The Morgan fingerprint density at radius 3 is 2.60 bits per heavy atom. The Labute approximate surface area is 207 Å². The van der Waals surface area contributed by atoms with E-state index < -0.39 is 5.69 Å². The highest BCUT2D eigenvalue weighted by atomic mass is 32.2. The molecule has 1 N–H and O–H groups in total. The molecule has 0 aliphatic carbocycles. The first-order valence-corrected chi connectivity index (χ1v) is 11.8. The first kappa shape index (κ1) is 24.3. The van der Waals surface area contributed by atoms with Crippen molar-refractivity contribution >= 4 is 23.3 Å². The van der Waals surface area contributed by atoms with Crippen LogP contribution in [-0.4, -0.2) is 39.3 Å². The molecule has 0 bridgehead atoms. The smallest absolute Gasteiger partial charge is 0.350 e. The van der Waals surface area contributed by atoms with Gasteiger partial charge in [0.05, 0.1) is 20.3 Å². The van der Waals surface area contributed by atoms with Crippen LogP contribution in [0.5, 0.6) is 11.5 Å². The number of amides is 1. The molecule has 0 aliphatic rings. The van der Waals surface area contributed by atoms with Gasteiger partial charge < -0.3 is 14.8 Å². The van der Waals surface area contributed by atoms with E-state index in [0.29, 0.717) is 22.2 Å². The van der Waals surface area contributed by atoms with Gasteiger partial charge in [-0.15, -0.1) is 5.10 Å². The first-order chi connectivity index (χ1) is 16.8. The van der Waals surface area contributed by atoms with Gasteiger partial charge in [0.15, 0.2) is 17.1 Å². The maximum atomic E-state index is 12.9. The second-order valence-corrected chi connectivity index (χ2v) is 9.17. The minimum absolute atomic E-state index is 0.216. The van der Waals surface area contributed by atoms with Crippen LogP contribution in [0.4, 0.5) is 0 Å². The maximum absolute atomic E-state index is 12.9. The Kier molecular flexibility index (Phi) is 7.11. The molecule has 4 rings (SSSR count). The van der Waals surface area contributed by atoms with Crippen molar-refractivity contribution in [2.24, 2.45) is 0 Å². The summed E-state index contributed by atoms with van der Waals surface area (Å²) in [5.74, 6) is 0.840. The second kappa shape index (κ2) is 10.2. The average Bonchev–Trinajstić information content (AvgIpc) is 3.16. The molecular formula is C25H27N5O4S. The largest absolute Gasteiger partial charge is 0.493 e. The lowest BCUT2D eigenvalue weighted by atomic mass is 10.1. The lowest BCUT2D eigenvalue weighted by Crippen LogP contribution is -2.34. The van der Waals surface area contributed by atoms with Crippen LogP contribution in [0.1, 0.15) is 29.7 Å². The summed E-state index contributed by atoms with van der Waals surface area (Å²) in [5, 5.41) is 7.91. The molecule has 10 heteroatoms. The molecule has 0 aliphatic heterocycles. The molecule has 0 radical (unpaired) electrons. The van der Waals surface area contributed by atoms with Crippen molar-refractivity contribution in [1.29, 1.82) is 0 Å². The summed E-state index contributed by atoms with van der Waals surface area (Å²) in [4.78, 5) is 31.1. The predicted octanol–water partition coefficient (Wildman–Crippen LogP) is 3.55. The normalized spacial score (nSPS) is 11.9. The maximum Gasteiger partial charge on any atom is 0.350 e. The van der Waals surface area contributed by atoms with E-state index >= 15 is 0 Å². The number of carbonyl (C=O) groups excluding carboxylic acids is 1. The summed E-state index contributed by atoms with van der Waals surface area (Å²) in [7, 11) is 3.12. The molecule has 0 saturated carbocycles. The number of nitrogens with one attached hydrogen (secondary N) is 1. The van der Waals surface area contributed by atoms with E-state index in [4.69, 9.17) is 9.47 Å². The van der Waals surface area contributed by atoms with Crippen LogP contribution in [0.25, 0.3) is 5.65 Å². The number of benzene rings is 2. The fourth-order valence-electron chi connectivity index (χ4n) is 3.75. The first-order valence-electron chi connectivity index (χ1n) is 11.0. The molecule has 2 aromatic carbocycles. The zero-order valence-electron chi connectivity index (χ0n) is 20.2. The van der Waals surface area contributed by atoms with Gasteiger partial charge in [-0.2, -0.15) is 0 Å². The van der Waals surface area contributed by atoms with Gasteiger partial charge in [-0.25, -0.2) is 18.9 Å². The molecule has 2 heterocycles. The quantitative estimate of drug-likeness (QED) is 0.401. The molecule has 2 aromatic heterocycles. The number of nitrogens with zero attached hydrogens (tertiary/aromatic N) is 4. The molecule has 0 unspecified atom stereocenters. The van der Waals surface area contributed by atoms with Gasteiger partial charge in [0.25, 0.3) is 0 Å². The minimum atomic E-state index is -0.404. The lowest BCUT2D eigenvalue weighted by Gasteiger charge is -2.16. The van der Waals surface area contributed by atoms with E-state index in [9.17, 15) is 9.59 Å². The number of rotatable bonds is 8. The third-order valence-electron chi connectivity index (χ3n) is 5.58. The molecule has 4 aromatic rings. The number of ether oxygens (including phenoxy) is 2. The van der Waals surface area contributed by atoms with E-state index in [1.807, 2.05) is 45.0 Å². The van der Waals surface area contributed by atoms with Gasteiger partial charge in [0.1, 0.15) is 11.6 Å². The van der Waals surface area contributed by atoms with Crippen molar-refractivity contribution in [2.45, 2.75) is 43.3 Å². The van der Waals surface area contributed by atoms with Gasteiger partial charge in [0, 0.05) is 17.3 Å². The van der Waals surface area contributed by atoms with Gasteiger partial charge in [0.2, 0.25) is 5.91 Å². The summed E-state index contributed by atoms with van der Waals surface area (Å²) < 4.78 is 13.2. The Balaban J connectivity index is 1.53. The van der Waals surface area contributed by atoms with Crippen molar-refractivity contribution in [1.82, 2.24) is 24.5 Å². The predicted molar refractivity (Wildman–Crippen MR) is 133 cm³/mol. The van der Waals surface area contributed by atoms with Crippen LogP contribution >= 0.6 is 11.8 Å². The summed E-state index contributed by atoms with van der Waals surface area (Å²) in [6, 6.07) is 11.3. The fraction of sp³-hybridized carbons (Fsp3) is 0.280. The van der Waals surface area contributed by atoms with Crippen LogP contribution in [0.15, 0.2) is 63.5 Å². The fourth-order valence-corrected chi connectivity index (χ4v) is 4.66. The molecule has 182 valence electrons. The molecule has 0 spiro atoms. The molecule has 1 atom stereocenters. The van der Waals surface area contributed by atoms with Crippen molar-refractivity contribution < 1.29 is 14.3 Å². The average molecular weight is 494 g/mol. The van der Waals surface area contributed by atoms with E-state index in [1.54, 1.807) is 32.7 Å². The highest BCUT2D eigenvalue weighted by molar-refractivity contribution is 7.99. The van der Waals surface area contributed by atoms with E-state index in [1.165, 1.54) is 21.7 Å². The summed E-state index contributed by atoms with van der Waals surface area (Å²) in [5.41, 5.74) is 3.13. The van der Waals surface area contributed by atoms with Crippen molar-refractivity contribution in [3.63, 3.8) is 0 Å². The van der Waals surface area contributed by atoms with Gasteiger partial charge in [-0.05, 0) is 50.1 Å². The molecular weight excluding hydrogens is 466 g/mol. The third-order valence-corrected chi connectivity index (χ3v) is 6.74. The highest BCUT2D eigenvalue weighted by Gasteiger charge is 2.18. The van der Waals surface area contributed by atoms with Gasteiger partial charge in [-0.1, -0.05) is 35.5 Å². The monoisotopic (exact) mass is 493 g/mol. The van der Waals surface area contributed by atoms with Crippen LogP contribution in [0.2, 0.25) is 0 Å².